The van der Waals surface area contributed by atoms with Crippen LogP contribution in [0, 0.1) is 25.5 Å². The quantitative estimate of drug-likeness (QED) is 0.643. The number of carbonyl (C=O) groups excluding carboxylic acids is 1. The summed E-state index contributed by atoms with van der Waals surface area (Å²) in [6.45, 7) is 3.93. The van der Waals surface area contributed by atoms with Crippen molar-refractivity contribution in [3.8, 4) is 5.75 Å². The molecule has 6 nitrogen and oxygen atoms in total. The summed E-state index contributed by atoms with van der Waals surface area (Å²) < 4.78 is 37.1. The zero-order chi connectivity index (χ0) is 20.3. The monoisotopic (exact) mass is 387 g/mol. The van der Waals surface area contributed by atoms with E-state index in [1.165, 1.54) is 23.3 Å². The molecule has 8 heteroatoms. The van der Waals surface area contributed by atoms with Crippen molar-refractivity contribution in [2.45, 2.75) is 27.0 Å². The number of pyridine rings is 1. The van der Waals surface area contributed by atoms with Gasteiger partial charge in [0.25, 0.3) is 5.91 Å². The maximum Gasteiger partial charge on any atom is 0.275 e. The van der Waals surface area contributed by atoms with Crippen molar-refractivity contribution in [2.75, 3.05) is 7.05 Å². The molecular weight excluding hydrogens is 368 g/mol. The largest absolute Gasteiger partial charge is 0.481 e. The van der Waals surface area contributed by atoms with Crippen molar-refractivity contribution >= 4 is 5.91 Å². The Hall–Kier alpha value is -3.29. The molecule has 1 aromatic carbocycles. The molecule has 3 aromatic rings. The number of hydrogen-bond acceptors (Lipinski definition) is 5. The Kier molecular flexibility index (Phi) is 5.67. The van der Waals surface area contributed by atoms with E-state index in [4.69, 9.17) is 9.15 Å². The molecule has 2 aromatic heterocycles. The number of aryl methyl sites for hydroxylation is 2. The molecule has 0 spiro atoms. The number of ether oxygens (including phenoxy) is 1. The van der Waals surface area contributed by atoms with E-state index in [0.717, 1.165) is 23.0 Å². The number of nitrogens with zero attached hydrogens (tertiary/aromatic N) is 3. The van der Waals surface area contributed by atoms with Gasteiger partial charge in [-0.1, -0.05) is 6.07 Å². The number of aromatic nitrogens is 2. The molecule has 0 aliphatic carbocycles. The molecule has 0 saturated heterocycles. The molecule has 3 rings (SSSR count). The molecular formula is C20H19F2N3O3. The molecule has 0 fully saturated rings. The second-order valence-corrected chi connectivity index (χ2v) is 6.41. The molecule has 0 unspecified atom stereocenters. The first-order valence-corrected chi connectivity index (χ1v) is 8.54. The summed E-state index contributed by atoms with van der Waals surface area (Å²) in [5.41, 5.74) is 2.79. The normalized spacial score (nSPS) is 10.8. The Morgan fingerprint density at radius 1 is 1.21 bits per heavy atom. The van der Waals surface area contributed by atoms with E-state index in [1.54, 1.807) is 7.05 Å². The Balaban J connectivity index is 1.63. The lowest BCUT2D eigenvalue weighted by Gasteiger charge is -2.15. The predicted molar refractivity (Wildman–Crippen MR) is 96.7 cm³/mol. The van der Waals surface area contributed by atoms with E-state index in [0.29, 0.717) is 6.54 Å². The first-order chi connectivity index (χ1) is 13.3. The van der Waals surface area contributed by atoms with Crippen LogP contribution in [-0.4, -0.2) is 27.8 Å². The number of oxazole rings is 1. The van der Waals surface area contributed by atoms with Crippen molar-refractivity contribution in [2.24, 2.45) is 0 Å². The highest BCUT2D eigenvalue weighted by atomic mass is 19.2. The van der Waals surface area contributed by atoms with Gasteiger partial charge in [-0.2, -0.15) is 4.39 Å². The summed E-state index contributed by atoms with van der Waals surface area (Å²) in [4.78, 5) is 22.5. The predicted octanol–water partition coefficient (Wildman–Crippen LogP) is 3.82. The first-order valence-electron chi connectivity index (χ1n) is 8.54. The Morgan fingerprint density at radius 2 is 2.00 bits per heavy atom. The second-order valence-electron chi connectivity index (χ2n) is 6.41. The number of carbonyl (C=O) groups is 1. The Bertz CT molecular complexity index is 984. The highest BCUT2D eigenvalue weighted by molar-refractivity contribution is 5.91. The topological polar surface area (TPSA) is 68.5 Å². The third kappa shape index (κ3) is 4.51. The van der Waals surface area contributed by atoms with Crippen LogP contribution >= 0.6 is 0 Å². The molecule has 0 atom stereocenters. The number of rotatable bonds is 6. The lowest BCUT2D eigenvalue weighted by molar-refractivity contribution is 0.0777. The van der Waals surface area contributed by atoms with Gasteiger partial charge in [0.2, 0.25) is 11.7 Å². The molecule has 0 N–H and O–H groups in total. The number of amides is 1. The van der Waals surface area contributed by atoms with E-state index >= 15 is 0 Å². The van der Waals surface area contributed by atoms with Crippen LogP contribution in [0.3, 0.4) is 0 Å². The fraction of sp³-hybridized carbons (Fsp3) is 0.250. The third-order valence-electron chi connectivity index (χ3n) is 3.93. The first kappa shape index (κ1) is 19.5. The van der Waals surface area contributed by atoms with Crippen molar-refractivity contribution in [3.63, 3.8) is 0 Å². The molecule has 28 heavy (non-hydrogen) atoms. The van der Waals surface area contributed by atoms with Crippen LogP contribution < -0.4 is 4.74 Å². The lowest BCUT2D eigenvalue weighted by Crippen LogP contribution is -2.27. The van der Waals surface area contributed by atoms with Crippen molar-refractivity contribution in [3.05, 3.63) is 76.8 Å². The van der Waals surface area contributed by atoms with Crippen molar-refractivity contribution in [1.29, 1.82) is 0 Å². The van der Waals surface area contributed by atoms with Crippen molar-refractivity contribution < 1.29 is 22.7 Å². The van der Waals surface area contributed by atoms with Crippen molar-refractivity contribution in [1.82, 2.24) is 14.9 Å². The van der Waals surface area contributed by atoms with Crippen LogP contribution in [0.2, 0.25) is 0 Å². The SMILES string of the molecule is Cc1cc(C)nc(CN(C)C(=O)c2coc(COc3cccc(F)c3F)n2)c1. The summed E-state index contributed by atoms with van der Waals surface area (Å²) in [7, 11) is 1.63. The van der Waals surface area contributed by atoms with E-state index in [-0.39, 0.29) is 29.8 Å². The molecule has 146 valence electrons. The van der Waals surface area contributed by atoms with E-state index in [1.807, 2.05) is 26.0 Å². The van der Waals surface area contributed by atoms with Crippen LogP contribution in [0.25, 0.3) is 0 Å². The Labute approximate surface area is 160 Å². The average molecular weight is 387 g/mol. The van der Waals surface area contributed by atoms with Crippen LogP contribution in [-0.2, 0) is 13.2 Å². The summed E-state index contributed by atoms with van der Waals surface area (Å²) in [6.07, 6.45) is 1.20. The standard InChI is InChI=1S/C20H19F2N3O3/c1-12-7-13(2)23-14(8-12)9-25(3)20(26)16-10-28-18(24-16)11-27-17-6-4-5-15(21)19(17)22/h4-8,10H,9,11H2,1-3H3. The van der Waals surface area contributed by atoms with Gasteiger partial charge in [0.15, 0.2) is 23.9 Å². The summed E-state index contributed by atoms with van der Waals surface area (Å²) >= 11 is 0. The van der Waals surface area contributed by atoms with E-state index < -0.39 is 11.6 Å². The minimum atomic E-state index is -1.09. The van der Waals surface area contributed by atoms with Crippen LogP contribution in [0.1, 0.15) is 33.3 Å². The summed E-state index contributed by atoms with van der Waals surface area (Å²) in [5, 5.41) is 0. The number of halogens is 2. The summed E-state index contributed by atoms with van der Waals surface area (Å²) in [5.74, 6) is -2.64. The highest BCUT2D eigenvalue weighted by Gasteiger charge is 2.18. The van der Waals surface area contributed by atoms with Gasteiger partial charge in [0.1, 0.15) is 6.26 Å². The minimum absolute atomic E-state index is 0.0740. The summed E-state index contributed by atoms with van der Waals surface area (Å²) in [6, 6.07) is 7.47. The zero-order valence-electron chi connectivity index (χ0n) is 15.7. The lowest BCUT2D eigenvalue weighted by atomic mass is 10.2. The molecule has 0 radical (unpaired) electrons. The number of benzene rings is 1. The third-order valence-corrected chi connectivity index (χ3v) is 3.93. The van der Waals surface area contributed by atoms with Gasteiger partial charge in [-0.3, -0.25) is 9.78 Å². The van der Waals surface area contributed by atoms with E-state index in [2.05, 4.69) is 9.97 Å². The second kappa shape index (κ2) is 8.16. The van der Waals surface area contributed by atoms with Gasteiger partial charge in [-0.15, -0.1) is 0 Å². The maximum atomic E-state index is 13.6. The van der Waals surface area contributed by atoms with Gasteiger partial charge in [0, 0.05) is 12.7 Å². The Morgan fingerprint density at radius 3 is 2.75 bits per heavy atom. The van der Waals surface area contributed by atoms with Crippen LogP contribution in [0.4, 0.5) is 8.78 Å². The van der Waals surface area contributed by atoms with Gasteiger partial charge in [0.05, 0.1) is 12.2 Å². The molecule has 0 saturated carbocycles. The molecule has 0 bridgehead atoms. The van der Waals surface area contributed by atoms with Gasteiger partial charge < -0.3 is 14.1 Å². The smallest absolute Gasteiger partial charge is 0.275 e. The molecule has 0 aliphatic rings. The number of hydrogen-bond donors (Lipinski definition) is 0. The van der Waals surface area contributed by atoms with Gasteiger partial charge in [-0.05, 0) is 43.7 Å². The van der Waals surface area contributed by atoms with Gasteiger partial charge >= 0.3 is 0 Å². The van der Waals surface area contributed by atoms with Gasteiger partial charge in [-0.25, -0.2) is 9.37 Å². The molecule has 1 amide bonds. The molecule has 2 heterocycles. The fourth-order valence-corrected chi connectivity index (χ4v) is 2.73. The minimum Gasteiger partial charge on any atom is -0.481 e. The maximum absolute atomic E-state index is 13.6. The highest BCUT2D eigenvalue weighted by Crippen LogP contribution is 2.20. The average Bonchev–Trinajstić information content (AvgIpc) is 3.10. The zero-order valence-corrected chi connectivity index (χ0v) is 15.7. The fourth-order valence-electron chi connectivity index (χ4n) is 2.73. The van der Waals surface area contributed by atoms with Crippen LogP contribution in [0.5, 0.6) is 5.75 Å². The molecule has 0 aliphatic heterocycles. The van der Waals surface area contributed by atoms with E-state index in [9.17, 15) is 13.6 Å². The van der Waals surface area contributed by atoms with Crippen LogP contribution in [0.15, 0.2) is 41.0 Å².